The number of aryl methyl sites for hydroxylation is 1. The topological polar surface area (TPSA) is 87.7 Å². The molecular formula is C13H19N3O2. The van der Waals surface area contributed by atoms with Gasteiger partial charge in [-0.1, -0.05) is 17.3 Å². The Kier molecular flexibility index (Phi) is 5.17. The maximum atomic E-state index is 11.9. The maximum Gasteiger partial charge on any atom is 0.251 e. The fourth-order valence-corrected chi connectivity index (χ4v) is 1.61. The van der Waals surface area contributed by atoms with Crippen LogP contribution in [0.1, 0.15) is 34.3 Å². The molecule has 1 amide bonds. The predicted octanol–water partition coefficient (Wildman–Crippen LogP) is 1.56. The van der Waals surface area contributed by atoms with Gasteiger partial charge in [0.2, 0.25) is 0 Å². The number of hydrogen-bond donors (Lipinski definition) is 3. The van der Waals surface area contributed by atoms with Gasteiger partial charge in [0.05, 0.1) is 0 Å². The van der Waals surface area contributed by atoms with E-state index in [-0.39, 0.29) is 11.7 Å². The molecule has 0 radical (unpaired) electrons. The van der Waals surface area contributed by atoms with Crippen molar-refractivity contribution in [2.45, 2.75) is 26.7 Å². The number of nitrogens with zero attached hydrogens (tertiary/aromatic N) is 1. The van der Waals surface area contributed by atoms with Crippen LogP contribution in [0.25, 0.3) is 0 Å². The number of rotatable bonds is 5. The first kappa shape index (κ1) is 14.0. The minimum absolute atomic E-state index is 0.0873. The van der Waals surface area contributed by atoms with Crippen LogP contribution in [0, 0.1) is 13.8 Å². The third-order valence-corrected chi connectivity index (χ3v) is 2.87. The van der Waals surface area contributed by atoms with Crippen molar-refractivity contribution in [2.75, 3.05) is 6.54 Å². The van der Waals surface area contributed by atoms with Crippen LogP contribution in [0.4, 0.5) is 0 Å². The minimum atomic E-state index is -0.0873. The molecule has 1 aromatic rings. The summed E-state index contributed by atoms with van der Waals surface area (Å²) in [6, 6.07) is 5.65. The number of amidine groups is 1. The van der Waals surface area contributed by atoms with Gasteiger partial charge < -0.3 is 16.3 Å². The molecule has 0 spiro atoms. The number of hydrogen-bond acceptors (Lipinski definition) is 3. The molecule has 0 aliphatic heterocycles. The molecule has 0 saturated carbocycles. The summed E-state index contributed by atoms with van der Waals surface area (Å²) in [5.41, 5.74) is 8.11. The SMILES string of the molecule is Cc1cccc(C(=O)NCCCC(N)=NO)c1C. The average molecular weight is 249 g/mol. The molecule has 0 unspecified atom stereocenters. The Morgan fingerprint density at radius 1 is 1.44 bits per heavy atom. The number of oxime groups is 1. The van der Waals surface area contributed by atoms with Gasteiger partial charge in [0, 0.05) is 18.5 Å². The highest BCUT2D eigenvalue weighted by molar-refractivity contribution is 5.95. The van der Waals surface area contributed by atoms with Crippen LogP contribution < -0.4 is 11.1 Å². The van der Waals surface area contributed by atoms with Gasteiger partial charge in [0.25, 0.3) is 5.91 Å². The largest absolute Gasteiger partial charge is 0.409 e. The van der Waals surface area contributed by atoms with Gasteiger partial charge in [0.1, 0.15) is 5.84 Å². The van der Waals surface area contributed by atoms with Crippen LogP contribution in [0.5, 0.6) is 0 Å². The summed E-state index contributed by atoms with van der Waals surface area (Å²) in [6.07, 6.45) is 1.11. The Morgan fingerprint density at radius 3 is 2.83 bits per heavy atom. The Bertz CT molecular complexity index is 456. The van der Waals surface area contributed by atoms with E-state index in [1.165, 1.54) is 0 Å². The van der Waals surface area contributed by atoms with Crippen molar-refractivity contribution in [3.8, 4) is 0 Å². The van der Waals surface area contributed by atoms with Crippen molar-refractivity contribution in [3.05, 3.63) is 34.9 Å². The Balaban J connectivity index is 2.49. The molecule has 0 bridgehead atoms. The molecular weight excluding hydrogens is 230 g/mol. The van der Waals surface area contributed by atoms with E-state index in [2.05, 4.69) is 10.5 Å². The van der Waals surface area contributed by atoms with Crippen molar-refractivity contribution in [2.24, 2.45) is 10.9 Å². The number of carbonyl (C=O) groups is 1. The molecule has 0 aromatic heterocycles. The first-order chi connectivity index (χ1) is 8.56. The highest BCUT2D eigenvalue weighted by Gasteiger charge is 2.09. The Labute approximate surface area is 107 Å². The summed E-state index contributed by atoms with van der Waals surface area (Å²) in [4.78, 5) is 11.9. The monoisotopic (exact) mass is 249 g/mol. The molecule has 5 heteroatoms. The lowest BCUT2D eigenvalue weighted by atomic mass is 10.0. The van der Waals surface area contributed by atoms with Crippen LogP contribution in [-0.4, -0.2) is 23.5 Å². The summed E-state index contributed by atoms with van der Waals surface area (Å²) < 4.78 is 0. The second kappa shape index (κ2) is 6.64. The number of carbonyl (C=O) groups excluding carboxylic acids is 1. The minimum Gasteiger partial charge on any atom is -0.409 e. The van der Waals surface area contributed by atoms with Gasteiger partial charge in [-0.05, 0) is 37.5 Å². The zero-order valence-corrected chi connectivity index (χ0v) is 10.7. The Morgan fingerprint density at radius 2 is 2.17 bits per heavy atom. The van der Waals surface area contributed by atoms with E-state index in [9.17, 15) is 4.79 Å². The van der Waals surface area contributed by atoms with Crippen LogP contribution in [0.15, 0.2) is 23.4 Å². The van der Waals surface area contributed by atoms with Gasteiger partial charge in [0.15, 0.2) is 0 Å². The molecule has 5 nitrogen and oxygen atoms in total. The van der Waals surface area contributed by atoms with Crippen LogP contribution in [0.2, 0.25) is 0 Å². The molecule has 0 aliphatic rings. The first-order valence-electron chi connectivity index (χ1n) is 5.87. The summed E-state index contributed by atoms with van der Waals surface area (Å²) >= 11 is 0. The molecule has 0 fully saturated rings. The van der Waals surface area contributed by atoms with E-state index in [4.69, 9.17) is 10.9 Å². The van der Waals surface area contributed by atoms with Crippen molar-refractivity contribution < 1.29 is 10.0 Å². The fraction of sp³-hybridized carbons (Fsp3) is 0.385. The molecule has 0 heterocycles. The van der Waals surface area contributed by atoms with Crippen molar-refractivity contribution >= 4 is 11.7 Å². The van der Waals surface area contributed by atoms with Gasteiger partial charge >= 0.3 is 0 Å². The lowest BCUT2D eigenvalue weighted by Crippen LogP contribution is -2.26. The highest BCUT2D eigenvalue weighted by atomic mass is 16.4. The summed E-state index contributed by atoms with van der Waals surface area (Å²) in [6.45, 7) is 4.41. The third kappa shape index (κ3) is 3.76. The molecule has 0 aliphatic carbocycles. The molecule has 1 rings (SSSR count). The van der Waals surface area contributed by atoms with E-state index in [0.717, 1.165) is 11.1 Å². The zero-order valence-electron chi connectivity index (χ0n) is 10.7. The normalized spacial score (nSPS) is 11.3. The van der Waals surface area contributed by atoms with Crippen molar-refractivity contribution in [3.63, 3.8) is 0 Å². The zero-order chi connectivity index (χ0) is 13.5. The van der Waals surface area contributed by atoms with E-state index < -0.39 is 0 Å². The van der Waals surface area contributed by atoms with Crippen LogP contribution in [0.3, 0.4) is 0 Å². The fourth-order valence-electron chi connectivity index (χ4n) is 1.61. The number of nitrogens with one attached hydrogen (secondary N) is 1. The number of amides is 1. The number of benzene rings is 1. The summed E-state index contributed by atoms with van der Waals surface area (Å²) in [5, 5.41) is 14.0. The predicted molar refractivity (Wildman–Crippen MR) is 70.9 cm³/mol. The molecule has 0 saturated heterocycles. The highest BCUT2D eigenvalue weighted by Crippen LogP contribution is 2.12. The molecule has 98 valence electrons. The second-order valence-corrected chi connectivity index (χ2v) is 4.20. The van der Waals surface area contributed by atoms with E-state index in [1.807, 2.05) is 26.0 Å². The first-order valence-corrected chi connectivity index (χ1v) is 5.87. The third-order valence-electron chi connectivity index (χ3n) is 2.87. The van der Waals surface area contributed by atoms with Crippen molar-refractivity contribution in [1.82, 2.24) is 5.32 Å². The molecule has 4 N–H and O–H groups in total. The quantitative estimate of drug-likeness (QED) is 0.243. The van der Waals surface area contributed by atoms with Gasteiger partial charge in [-0.25, -0.2) is 0 Å². The Hall–Kier alpha value is -2.04. The molecule has 0 atom stereocenters. The summed E-state index contributed by atoms with van der Waals surface area (Å²) in [7, 11) is 0. The molecule has 1 aromatic carbocycles. The smallest absolute Gasteiger partial charge is 0.251 e. The lowest BCUT2D eigenvalue weighted by molar-refractivity contribution is 0.0952. The summed E-state index contributed by atoms with van der Waals surface area (Å²) in [5.74, 6) is 0.0895. The van der Waals surface area contributed by atoms with E-state index in [0.29, 0.717) is 24.9 Å². The maximum absolute atomic E-state index is 11.9. The van der Waals surface area contributed by atoms with Gasteiger partial charge in [-0.15, -0.1) is 0 Å². The molecule has 18 heavy (non-hydrogen) atoms. The average Bonchev–Trinajstić information content (AvgIpc) is 2.37. The lowest BCUT2D eigenvalue weighted by Gasteiger charge is -2.09. The second-order valence-electron chi connectivity index (χ2n) is 4.20. The standard InChI is InChI=1S/C13H19N3O2/c1-9-5-3-6-11(10(9)2)13(17)15-8-4-7-12(14)16-18/h3,5-6,18H,4,7-8H2,1-2H3,(H2,14,16)(H,15,17). The van der Waals surface area contributed by atoms with Crippen molar-refractivity contribution in [1.29, 1.82) is 0 Å². The van der Waals surface area contributed by atoms with Gasteiger partial charge in [-0.3, -0.25) is 4.79 Å². The van der Waals surface area contributed by atoms with E-state index >= 15 is 0 Å². The van der Waals surface area contributed by atoms with Crippen LogP contribution >= 0.6 is 0 Å². The van der Waals surface area contributed by atoms with E-state index in [1.54, 1.807) is 6.07 Å². The number of nitrogens with two attached hydrogens (primary N) is 1. The van der Waals surface area contributed by atoms with Crippen LogP contribution in [-0.2, 0) is 0 Å². The van der Waals surface area contributed by atoms with Gasteiger partial charge in [-0.2, -0.15) is 0 Å².